The minimum Gasteiger partial charge on any atom is -0.311 e. The predicted octanol–water partition coefficient (Wildman–Crippen LogP) is 8.21. The highest BCUT2D eigenvalue weighted by molar-refractivity contribution is 8.02. The molecule has 0 heterocycles. The van der Waals surface area contributed by atoms with Crippen molar-refractivity contribution in [3.63, 3.8) is 0 Å². The Balaban J connectivity index is 2.01. The number of rotatable bonds is 8. The van der Waals surface area contributed by atoms with Crippen molar-refractivity contribution in [1.82, 2.24) is 0 Å². The molecule has 2 atom stereocenters. The molecule has 0 saturated carbocycles. The summed E-state index contributed by atoms with van der Waals surface area (Å²) in [5, 5.41) is 18.6. The second-order valence-electron chi connectivity index (χ2n) is 7.61. The molecule has 2 N–H and O–H groups in total. The van der Waals surface area contributed by atoms with Crippen molar-refractivity contribution in [3.8, 4) is 0 Å². The van der Waals surface area contributed by atoms with Gasteiger partial charge in [0.05, 0.1) is 0 Å². The second kappa shape index (κ2) is 9.96. The molecule has 33 heavy (non-hydrogen) atoms. The molecule has 0 spiro atoms. The molecule has 4 aromatic rings. The molecule has 0 fully saturated rings. The molecule has 0 radical (unpaired) electrons. The highest BCUT2D eigenvalue weighted by Gasteiger charge is 2.44. The highest BCUT2D eigenvalue weighted by Crippen LogP contribution is 2.54. The Kier molecular flexibility index (Phi) is 7.04. The summed E-state index contributed by atoms with van der Waals surface area (Å²) >= 11 is 13.9. The van der Waals surface area contributed by atoms with E-state index in [1.54, 1.807) is 0 Å². The van der Waals surface area contributed by atoms with E-state index < -0.39 is 9.49 Å². The molecule has 164 valence electrons. The van der Waals surface area contributed by atoms with E-state index in [1.165, 1.54) is 24.2 Å². The van der Waals surface area contributed by atoms with Crippen molar-refractivity contribution >= 4 is 47.4 Å². The van der Waals surface area contributed by atoms with Gasteiger partial charge in [-0.25, -0.2) is 0 Å². The smallest absolute Gasteiger partial charge is 0.102 e. The lowest BCUT2D eigenvalue weighted by Gasteiger charge is -2.40. The van der Waals surface area contributed by atoms with Crippen molar-refractivity contribution < 1.29 is 0 Å². The molecular formula is C28H22Cl2N2S. The largest absolute Gasteiger partial charge is 0.311 e. The van der Waals surface area contributed by atoms with Crippen molar-refractivity contribution in [2.45, 2.75) is 9.49 Å². The van der Waals surface area contributed by atoms with Crippen LogP contribution in [0.2, 0.25) is 10.0 Å². The molecule has 2 unspecified atom stereocenters. The van der Waals surface area contributed by atoms with E-state index in [-0.39, 0.29) is 0 Å². The van der Waals surface area contributed by atoms with Gasteiger partial charge >= 0.3 is 0 Å². The first-order chi connectivity index (χ1) is 16.0. The lowest BCUT2D eigenvalue weighted by Crippen LogP contribution is -2.36. The van der Waals surface area contributed by atoms with Crippen LogP contribution in [0.5, 0.6) is 0 Å². The van der Waals surface area contributed by atoms with Gasteiger partial charge in [-0.05, 0) is 46.5 Å². The summed E-state index contributed by atoms with van der Waals surface area (Å²) in [7, 11) is 0. The fourth-order valence-electron chi connectivity index (χ4n) is 3.98. The summed E-state index contributed by atoms with van der Waals surface area (Å²) in [5.74, 6) is 0. The molecule has 0 aliphatic carbocycles. The van der Waals surface area contributed by atoms with Crippen LogP contribution in [0.15, 0.2) is 109 Å². The highest BCUT2D eigenvalue weighted by atomic mass is 35.5. The molecule has 2 nitrogen and oxygen atoms in total. The van der Waals surface area contributed by atoms with Crippen LogP contribution in [0.1, 0.15) is 22.3 Å². The van der Waals surface area contributed by atoms with Gasteiger partial charge in [0.15, 0.2) is 0 Å². The van der Waals surface area contributed by atoms with E-state index >= 15 is 0 Å². The van der Waals surface area contributed by atoms with Gasteiger partial charge in [-0.1, -0.05) is 108 Å². The molecule has 0 bridgehead atoms. The topological polar surface area (TPSA) is 47.7 Å². The van der Waals surface area contributed by atoms with Crippen LogP contribution in [0, 0.1) is 10.8 Å². The van der Waals surface area contributed by atoms with E-state index in [0.717, 1.165) is 22.3 Å². The Bertz CT molecular complexity index is 1130. The average molecular weight is 489 g/mol. The number of hydrogen-bond donors (Lipinski definition) is 2. The summed E-state index contributed by atoms with van der Waals surface area (Å²) in [6.45, 7) is 0. The number of halogens is 2. The monoisotopic (exact) mass is 488 g/mol. The lowest BCUT2D eigenvalue weighted by atomic mass is 9.90. The number of hydrogen-bond acceptors (Lipinski definition) is 3. The van der Waals surface area contributed by atoms with Crippen molar-refractivity contribution in [3.05, 3.63) is 141 Å². The summed E-state index contributed by atoms with van der Waals surface area (Å²) in [5.41, 5.74) is 3.72. The lowest BCUT2D eigenvalue weighted by molar-refractivity contribution is 0.943. The molecule has 0 aromatic heterocycles. The fourth-order valence-corrected chi connectivity index (χ4v) is 5.88. The molecule has 4 rings (SSSR count). The normalized spacial score (nSPS) is 14.6. The van der Waals surface area contributed by atoms with Crippen molar-refractivity contribution in [2.24, 2.45) is 0 Å². The summed E-state index contributed by atoms with van der Waals surface area (Å²) < 4.78 is -1.75. The predicted molar refractivity (Wildman–Crippen MR) is 143 cm³/mol. The molecule has 5 heteroatoms. The molecule has 0 amide bonds. The third-order valence-corrected chi connectivity index (χ3v) is 8.01. The van der Waals surface area contributed by atoms with Crippen LogP contribution in [-0.4, -0.2) is 12.4 Å². The average Bonchev–Trinajstić information content (AvgIpc) is 2.88. The Labute approximate surface area is 208 Å². The zero-order valence-electron chi connectivity index (χ0n) is 17.7. The molecule has 4 aromatic carbocycles. The quantitative estimate of drug-likeness (QED) is 0.241. The third-order valence-electron chi connectivity index (χ3n) is 5.68. The fraction of sp³-hybridized carbons (Fsp3) is 0.0714. The van der Waals surface area contributed by atoms with Crippen LogP contribution in [0.3, 0.4) is 0 Å². The second-order valence-corrected chi connectivity index (χ2v) is 9.97. The zero-order chi connectivity index (χ0) is 23.3. The van der Waals surface area contributed by atoms with Crippen LogP contribution in [-0.2, 0) is 9.49 Å². The van der Waals surface area contributed by atoms with Crippen LogP contribution in [0.4, 0.5) is 0 Å². The number of thioether (sulfide) groups is 1. The van der Waals surface area contributed by atoms with Gasteiger partial charge in [-0.2, -0.15) is 0 Å². The van der Waals surface area contributed by atoms with Gasteiger partial charge in [0.2, 0.25) is 0 Å². The summed E-state index contributed by atoms with van der Waals surface area (Å²) in [6, 6.07) is 35.1. The van der Waals surface area contributed by atoms with Gasteiger partial charge in [-0.15, -0.1) is 11.8 Å². The standard InChI is InChI=1S/C28H22Cl2N2S/c29-25-15-11-23(12-16-25)27(19-31,21-7-3-1-4-8-21)33-28(20-32,22-9-5-2-6-10-22)24-13-17-26(30)18-14-24/h1-20,31-32H. The van der Waals surface area contributed by atoms with E-state index in [1.807, 2.05) is 109 Å². The van der Waals surface area contributed by atoms with Gasteiger partial charge in [0.25, 0.3) is 0 Å². The Morgan fingerprint density at radius 1 is 0.485 bits per heavy atom. The minimum absolute atomic E-state index is 0.634. The Morgan fingerprint density at radius 2 is 0.788 bits per heavy atom. The zero-order valence-corrected chi connectivity index (χ0v) is 20.0. The van der Waals surface area contributed by atoms with E-state index in [2.05, 4.69) is 0 Å². The Morgan fingerprint density at radius 3 is 1.09 bits per heavy atom. The van der Waals surface area contributed by atoms with Crippen molar-refractivity contribution in [1.29, 1.82) is 10.8 Å². The first-order valence-corrected chi connectivity index (χ1v) is 12.0. The van der Waals surface area contributed by atoms with Gasteiger partial charge in [0, 0.05) is 22.5 Å². The number of benzene rings is 4. The van der Waals surface area contributed by atoms with Crippen molar-refractivity contribution in [2.75, 3.05) is 0 Å². The van der Waals surface area contributed by atoms with E-state index in [9.17, 15) is 0 Å². The maximum absolute atomic E-state index is 8.68. The minimum atomic E-state index is -0.876. The van der Waals surface area contributed by atoms with E-state index in [0.29, 0.717) is 10.0 Å². The maximum atomic E-state index is 8.68. The van der Waals surface area contributed by atoms with Crippen LogP contribution < -0.4 is 0 Å². The molecular weight excluding hydrogens is 467 g/mol. The van der Waals surface area contributed by atoms with E-state index in [4.69, 9.17) is 34.0 Å². The first kappa shape index (κ1) is 23.3. The first-order valence-electron chi connectivity index (χ1n) is 10.4. The Hall–Kier alpha value is -2.85. The summed E-state index contributed by atoms with van der Waals surface area (Å²) in [4.78, 5) is 0. The molecule has 0 aliphatic rings. The van der Waals surface area contributed by atoms with Gasteiger partial charge < -0.3 is 10.8 Å². The summed E-state index contributed by atoms with van der Waals surface area (Å²) in [6.07, 6.45) is 2.93. The van der Waals surface area contributed by atoms with Gasteiger partial charge in [-0.3, -0.25) is 0 Å². The maximum Gasteiger partial charge on any atom is 0.102 e. The molecule has 0 saturated heterocycles. The van der Waals surface area contributed by atoms with Crippen LogP contribution >= 0.6 is 35.0 Å². The SMILES string of the molecule is N=CC(SC(C=N)(c1ccccc1)c1ccc(Cl)cc1)(c1ccccc1)c1ccc(Cl)cc1. The molecule has 0 aliphatic heterocycles. The van der Waals surface area contributed by atoms with Crippen LogP contribution in [0.25, 0.3) is 0 Å². The number of nitrogens with one attached hydrogen (secondary N) is 2. The third kappa shape index (κ3) is 4.49. The van der Waals surface area contributed by atoms with Gasteiger partial charge in [0.1, 0.15) is 9.49 Å².